The van der Waals surface area contributed by atoms with Crippen molar-refractivity contribution >= 4 is 17.7 Å². The highest BCUT2D eigenvalue weighted by atomic mass is 32.2. The third-order valence-electron chi connectivity index (χ3n) is 1.65. The molecule has 0 fully saturated rings. The third kappa shape index (κ3) is 3.01. The monoisotopic (exact) mass is 173 g/mol. The van der Waals surface area contributed by atoms with E-state index in [-0.39, 0.29) is 0 Å². The van der Waals surface area contributed by atoms with E-state index < -0.39 is 0 Å². The van der Waals surface area contributed by atoms with Crippen molar-refractivity contribution in [1.82, 2.24) is 5.32 Å². The first kappa shape index (κ1) is 8.71. The van der Waals surface area contributed by atoms with E-state index in [2.05, 4.69) is 17.2 Å². The second-order valence-corrected chi connectivity index (χ2v) is 3.95. The van der Waals surface area contributed by atoms with Crippen LogP contribution in [0.3, 0.4) is 0 Å². The Morgan fingerprint density at radius 2 is 2.64 bits per heavy atom. The Balaban J connectivity index is 2.02. The van der Waals surface area contributed by atoms with Gasteiger partial charge in [-0.1, -0.05) is 6.92 Å². The highest BCUT2D eigenvalue weighted by molar-refractivity contribution is 7.99. The summed E-state index contributed by atoms with van der Waals surface area (Å²) in [6, 6.07) is 0.494. The Hall–Kier alpha value is -0.380. The number of rotatable bonds is 4. The van der Waals surface area contributed by atoms with E-state index in [1.54, 1.807) is 0 Å². The summed E-state index contributed by atoms with van der Waals surface area (Å²) in [5.74, 6) is 3.01. The lowest BCUT2D eigenvalue weighted by Gasteiger charge is -2.08. The second-order valence-electron chi connectivity index (χ2n) is 2.55. The number of thioether (sulfide) groups is 1. The number of guanidine groups is 1. The van der Waals surface area contributed by atoms with Gasteiger partial charge in [0.1, 0.15) is 0 Å². The van der Waals surface area contributed by atoms with Crippen LogP contribution in [0, 0.1) is 0 Å². The first-order valence-corrected chi connectivity index (χ1v) is 5.12. The number of nitrogens with zero attached hydrogens (tertiary/aromatic N) is 1. The van der Waals surface area contributed by atoms with Crippen LogP contribution in [-0.2, 0) is 0 Å². The van der Waals surface area contributed by atoms with Crippen molar-refractivity contribution in [2.45, 2.75) is 19.4 Å². The molecular formula is C7H15N3S. The number of hydrogen-bond donors (Lipinski definition) is 2. The van der Waals surface area contributed by atoms with Crippen LogP contribution >= 0.6 is 11.8 Å². The Labute approximate surface area is 71.8 Å². The van der Waals surface area contributed by atoms with E-state index in [4.69, 9.17) is 5.73 Å². The largest absolute Gasteiger partial charge is 0.370 e. The minimum absolute atomic E-state index is 0.494. The molecule has 3 N–H and O–H groups in total. The molecule has 0 aromatic rings. The summed E-state index contributed by atoms with van der Waals surface area (Å²) >= 11 is 1.96. The number of nitrogens with two attached hydrogens (primary N) is 1. The molecule has 1 aliphatic heterocycles. The standard InChI is InChI=1S/C7H15N3S/c1-2-11-4-3-6-5-9-7(8)10-6/h6H,2-5H2,1H3,(H3,8,9,10). The minimum atomic E-state index is 0.494. The average Bonchev–Trinajstić information content (AvgIpc) is 2.37. The van der Waals surface area contributed by atoms with Crippen LogP contribution in [0.5, 0.6) is 0 Å². The topological polar surface area (TPSA) is 50.4 Å². The fraction of sp³-hybridized carbons (Fsp3) is 0.857. The van der Waals surface area contributed by atoms with Gasteiger partial charge in [-0.15, -0.1) is 0 Å². The summed E-state index contributed by atoms with van der Waals surface area (Å²) < 4.78 is 0. The van der Waals surface area contributed by atoms with E-state index in [9.17, 15) is 0 Å². The smallest absolute Gasteiger partial charge is 0.188 e. The molecular weight excluding hydrogens is 158 g/mol. The van der Waals surface area contributed by atoms with Crippen molar-refractivity contribution in [2.75, 3.05) is 18.1 Å². The predicted octanol–water partition coefficient (Wildman–Crippen LogP) is 0.416. The van der Waals surface area contributed by atoms with Gasteiger partial charge in [0.15, 0.2) is 5.96 Å². The molecule has 0 saturated heterocycles. The fourth-order valence-corrected chi connectivity index (χ4v) is 1.78. The quantitative estimate of drug-likeness (QED) is 0.606. The van der Waals surface area contributed by atoms with Gasteiger partial charge < -0.3 is 11.1 Å². The summed E-state index contributed by atoms with van der Waals surface area (Å²) in [5.41, 5.74) is 5.46. The lowest BCUT2D eigenvalue weighted by atomic mass is 10.2. The van der Waals surface area contributed by atoms with Gasteiger partial charge in [-0.25, -0.2) is 0 Å². The molecule has 0 aliphatic carbocycles. The molecule has 1 unspecified atom stereocenters. The van der Waals surface area contributed by atoms with E-state index in [1.165, 1.54) is 17.9 Å². The molecule has 1 aliphatic rings. The van der Waals surface area contributed by atoms with Crippen molar-refractivity contribution < 1.29 is 0 Å². The molecule has 0 aromatic carbocycles. The number of hydrogen-bond acceptors (Lipinski definition) is 4. The van der Waals surface area contributed by atoms with Crippen molar-refractivity contribution in [1.29, 1.82) is 0 Å². The molecule has 3 nitrogen and oxygen atoms in total. The van der Waals surface area contributed by atoms with Crippen LogP contribution in [0.4, 0.5) is 0 Å². The molecule has 0 bridgehead atoms. The van der Waals surface area contributed by atoms with Crippen molar-refractivity contribution in [3.63, 3.8) is 0 Å². The maximum Gasteiger partial charge on any atom is 0.188 e. The van der Waals surface area contributed by atoms with Gasteiger partial charge in [0.2, 0.25) is 0 Å². The van der Waals surface area contributed by atoms with Gasteiger partial charge in [-0.05, 0) is 17.9 Å². The average molecular weight is 173 g/mol. The first-order valence-electron chi connectivity index (χ1n) is 3.97. The van der Waals surface area contributed by atoms with E-state index in [0.29, 0.717) is 12.0 Å². The first-order chi connectivity index (χ1) is 5.33. The van der Waals surface area contributed by atoms with Crippen LogP contribution in [-0.4, -0.2) is 30.1 Å². The Kier molecular flexibility index (Phi) is 3.56. The zero-order valence-corrected chi connectivity index (χ0v) is 7.66. The van der Waals surface area contributed by atoms with E-state index in [0.717, 1.165) is 6.54 Å². The molecule has 11 heavy (non-hydrogen) atoms. The van der Waals surface area contributed by atoms with E-state index >= 15 is 0 Å². The van der Waals surface area contributed by atoms with Crippen molar-refractivity contribution in [3.05, 3.63) is 0 Å². The third-order valence-corrected chi connectivity index (χ3v) is 2.58. The number of aliphatic imine (C=N–C) groups is 1. The highest BCUT2D eigenvalue weighted by Crippen LogP contribution is 2.06. The van der Waals surface area contributed by atoms with Crippen molar-refractivity contribution in [2.24, 2.45) is 10.7 Å². The summed E-state index contributed by atoms with van der Waals surface area (Å²) in [6.07, 6.45) is 1.17. The summed E-state index contributed by atoms with van der Waals surface area (Å²) in [4.78, 5) is 4.07. The highest BCUT2D eigenvalue weighted by Gasteiger charge is 2.13. The number of nitrogens with one attached hydrogen (secondary N) is 1. The molecule has 1 rings (SSSR count). The summed E-state index contributed by atoms with van der Waals surface area (Å²) in [7, 11) is 0. The van der Waals surface area contributed by atoms with Gasteiger partial charge >= 0.3 is 0 Å². The van der Waals surface area contributed by atoms with Crippen LogP contribution < -0.4 is 11.1 Å². The molecule has 1 heterocycles. The molecule has 4 heteroatoms. The maximum absolute atomic E-state index is 5.46. The zero-order chi connectivity index (χ0) is 8.10. The van der Waals surface area contributed by atoms with E-state index in [1.807, 2.05) is 11.8 Å². The van der Waals surface area contributed by atoms with Crippen LogP contribution in [0.25, 0.3) is 0 Å². The van der Waals surface area contributed by atoms with Crippen molar-refractivity contribution in [3.8, 4) is 0 Å². The van der Waals surface area contributed by atoms with Gasteiger partial charge in [0, 0.05) is 6.04 Å². The van der Waals surface area contributed by atoms with Gasteiger partial charge in [0.05, 0.1) is 6.54 Å². The molecule has 64 valence electrons. The zero-order valence-electron chi connectivity index (χ0n) is 6.84. The minimum Gasteiger partial charge on any atom is -0.370 e. The molecule has 0 radical (unpaired) electrons. The SMILES string of the molecule is CCSCCC1CN=C(N)N1. The maximum atomic E-state index is 5.46. The molecule has 0 aromatic heterocycles. The predicted molar refractivity (Wildman–Crippen MR) is 51.0 cm³/mol. The molecule has 0 spiro atoms. The van der Waals surface area contributed by atoms with Crippen LogP contribution in [0.1, 0.15) is 13.3 Å². The molecule has 0 saturated carbocycles. The Bertz CT molecular complexity index is 147. The summed E-state index contributed by atoms with van der Waals surface area (Å²) in [5, 5.41) is 3.13. The lowest BCUT2D eigenvalue weighted by molar-refractivity contribution is 0.640. The Morgan fingerprint density at radius 1 is 1.82 bits per heavy atom. The van der Waals surface area contributed by atoms with Gasteiger partial charge in [0.25, 0.3) is 0 Å². The lowest BCUT2D eigenvalue weighted by Crippen LogP contribution is -2.35. The normalized spacial score (nSPS) is 23.0. The molecule has 1 atom stereocenters. The van der Waals surface area contributed by atoms with Crippen LogP contribution in [0.2, 0.25) is 0 Å². The van der Waals surface area contributed by atoms with Crippen LogP contribution in [0.15, 0.2) is 4.99 Å². The Morgan fingerprint density at radius 3 is 3.18 bits per heavy atom. The second kappa shape index (κ2) is 4.49. The summed E-state index contributed by atoms with van der Waals surface area (Å²) in [6.45, 7) is 3.04. The van der Waals surface area contributed by atoms with Gasteiger partial charge in [-0.2, -0.15) is 11.8 Å². The van der Waals surface area contributed by atoms with Gasteiger partial charge in [-0.3, -0.25) is 4.99 Å². The molecule has 0 amide bonds. The fourth-order valence-electron chi connectivity index (χ4n) is 1.04.